The van der Waals surface area contributed by atoms with Crippen LogP contribution in [0.25, 0.3) is 16.6 Å². The molecule has 2 aliphatic heterocycles. The Bertz CT molecular complexity index is 1250. The Kier molecular flexibility index (Phi) is 6.32. The largest absolute Gasteiger partial charge is 0.339 e. The summed E-state index contributed by atoms with van der Waals surface area (Å²) in [4.78, 5) is 37.6. The third-order valence-electron chi connectivity index (χ3n) is 7.12. The topological polar surface area (TPSA) is 98.0 Å². The highest BCUT2D eigenvalue weighted by molar-refractivity contribution is 5.97. The third kappa shape index (κ3) is 4.68. The van der Waals surface area contributed by atoms with Crippen LogP contribution in [0.5, 0.6) is 0 Å². The van der Waals surface area contributed by atoms with E-state index in [1.165, 1.54) is 24.8 Å². The first-order valence-electron chi connectivity index (χ1n) is 12.2. The van der Waals surface area contributed by atoms with Crippen LogP contribution in [0, 0.1) is 13.8 Å². The van der Waals surface area contributed by atoms with Gasteiger partial charge in [0.1, 0.15) is 11.3 Å². The van der Waals surface area contributed by atoms with Gasteiger partial charge in [-0.2, -0.15) is 5.10 Å². The van der Waals surface area contributed by atoms with Crippen LogP contribution in [0.4, 0.5) is 0 Å². The molecule has 5 heterocycles. The van der Waals surface area contributed by atoms with Gasteiger partial charge in [-0.1, -0.05) is 12.5 Å². The molecule has 1 saturated heterocycles. The van der Waals surface area contributed by atoms with Crippen molar-refractivity contribution in [1.29, 1.82) is 0 Å². The van der Waals surface area contributed by atoms with Crippen molar-refractivity contribution in [3.8, 4) is 0 Å². The highest BCUT2D eigenvalue weighted by Crippen LogP contribution is 2.26. The summed E-state index contributed by atoms with van der Waals surface area (Å²) in [5.74, 6) is 0.218. The zero-order valence-corrected chi connectivity index (χ0v) is 20.0. The zero-order valence-electron chi connectivity index (χ0n) is 20.0. The Hall–Kier alpha value is -3.26. The zero-order chi connectivity index (χ0) is 23.7. The molecule has 0 atom stereocenters. The van der Waals surface area contributed by atoms with Crippen molar-refractivity contribution in [2.75, 3.05) is 32.7 Å². The molecule has 0 aromatic carbocycles. The second kappa shape index (κ2) is 9.54. The van der Waals surface area contributed by atoms with Crippen molar-refractivity contribution in [2.45, 2.75) is 46.0 Å². The van der Waals surface area contributed by atoms with Crippen LogP contribution in [-0.2, 0) is 11.2 Å². The fraction of sp³-hybridized carbons (Fsp3) is 0.462. The van der Waals surface area contributed by atoms with Gasteiger partial charge in [0.15, 0.2) is 5.78 Å². The van der Waals surface area contributed by atoms with Gasteiger partial charge in [-0.25, -0.2) is 4.98 Å². The number of ketones is 1. The second-order valence-corrected chi connectivity index (χ2v) is 9.54. The SMILES string of the molecule is Cc1[nH]nc(C(=O)Cc2cnc3[nH]c(C4=CCN(C(=O)CN5CCCCC5)CC4)cc3c2)c1C. The lowest BCUT2D eigenvalue weighted by atomic mass is 10.0. The first-order valence-corrected chi connectivity index (χ1v) is 12.2. The second-order valence-electron chi connectivity index (χ2n) is 9.54. The number of H-pyrrole nitrogens is 2. The monoisotopic (exact) mass is 460 g/mol. The third-order valence-corrected chi connectivity index (χ3v) is 7.12. The van der Waals surface area contributed by atoms with Crippen molar-refractivity contribution in [1.82, 2.24) is 30.0 Å². The number of Topliss-reactive ketones (excluding diaryl/α,β-unsaturated/α-hetero) is 1. The number of aromatic amines is 2. The lowest BCUT2D eigenvalue weighted by molar-refractivity contribution is -0.132. The lowest BCUT2D eigenvalue weighted by Gasteiger charge is -2.31. The van der Waals surface area contributed by atoms with E-state index < -0.39 is 0 Å². The van der Waals surface area contributed by atoms with Gasteiger partial charge >= 0.3 is 0 Å². The maximum absolute atomic E-state index is 12.7. The molecule has 0 radical (unpaired) electrons. The molecule has 8 heteroatoms. The maximum Gasteiger partial charge on any atom is 0.237 e. The van der Waals surface area contributed by atoms with Gasteiger partial charge in [0.05, 0.1) is 6.54 Å². The van der Waals surface area contributed by atoms with E-state index in [1.54, 1.807) is 6.20 Å². The average molecular weight is 461 g/mol. The predicted octanol–water partition coefficient (Wildman–Crippen LogP) is 3.43. The van der Waals surface area contributed by atoms with E-state index >= 15 is 0 Å². The standard InChI is InChI=1S/C26H32N6O2/c1-17-18(2)29-30-25(17)23(33)13-19-12-21-14-22(28-26(21)27-15-19)20-6-10-32(11-7-20)24(34)16-31-8-4-3-5-9-31/h6,12,14-15H,3-5,7-11,13,16H2,1-2H3,(H,27,28)(H,29,30). The maximum atomic E-state index is 12.7. The molecular formula is C26H32N6O2. The van der Waals surface area contributed by atoms with E-state index in [-0.39, 0.29) is 18.1 Å². The minimum absolute atomic E-state index is 0.0111. The summed E-state index contributed by atoms with van der Waals surface area (Å²) in [6.07, 6.45) is 8.67. The number of carbonyl (C=O) groups is 2. The number of likely N-dealkylation sites (tertiary alicyclic amines) is 1. The Morgan fingerprint density at radius 1 is 1.09 bits per heavy atom. The van der Waals surface area contributed by atoms with Crippen LogP contribution in [0.15, 0.2) is 24.4 Å². The van der Waals surface area contributed by atoms with Crippen LogP contribution < -0.4 is 0 Å². The number of nitrogens with zero attached hydrogens (tertiary/aromatic N) is 4. The van der Waals surface area contributed by atoms with Crippen molar-refractivity contribution >= 4 is 28.3 Å². The van der Waals surface area contributed by atoms with Crippen LogP contribution in [0.1, 0.15) is 58.7 Å². The molecule has 8 nitrogen and oxygen atoms in total. The molecular weight excluding hydrogens is 428 g/mol. The van der Waals surface area contributed by atoms with E-state index in [4.69, 9.17) is 0 Å². The Morgan fingerprint density at radius 3 is 2.62 bits per heavy atom. The summed E-state index contributed by atoms with van der Waals surface area (Å²) in [5.41, 5.74) is 6.24. The summed E-state index contributed by atoms with van der Waals surface area (Å²) in [6, 6.07) is 4.12. The molecule has 1 fully saturated rings. The molecule has 34 heavy (non-hydrogen) atoms. The van der Waals surface area contributed by atoms with E-state index in [0.29, 0.717) is 18.8 Å². The lowest BCUT2D eigenvalue weighted by Crippen LogP contribution is -2.43. The predicted molar refractivity (Wildman–Crippen MR) is 132 cm³/mol. The minimum Gasteiger partial charge on any atom is -0.339 e. The van der Waals surface area contributed by atoms with Gasteiger partial charge in [-0.3, -0.25) is 19.6 Å². The fourth-order valence-corrected chi connectivity index (χ4v) is 4.91. The number of carbonyl (C=O) groups excluding carboxylic acids is 2. The molecule has 0 saturated carbocycles. The van der Waals surface area contributed by atoms with Crippen LogP contribution >= 0.6 is 0 Å². The Labute approximate surface area is 199 Å². The van der Waals surface area contributed by atoms with E-state index in [0.717, 1.165) is 59.6 Å². The smallest absolute Gasteiger partial charge is 0.237 e. The van der Waals surface area contributed by atoms with Crippen molar-refractivity contribution < 1.29 is 9.59 Å². The normalized spacial score (nSPS) is 17.2. The first kappa shape index (κ1) is 22.5. The van der Waals surface area contributed by atoms with Crippen LogP contribution in [0.2, 0.25) is 0 Å². The van der Waals surface area contributed by atoms with Crippen molar-refractivity contribution in [2.24, 2.45) is 0 Å². The molecule has 0 bridgehead atoms. The fourth-order valence-electron chi connectivity index (χ4n) is 4.91. The molecule has 3 aromatic heterocycles. The number of hydrogen-bond donors (Lipinski definition) is 2. The first-order chi connectivity index (χ1) is 16.5. The summed E-state index contributed by atoms with van der Waals surface area (Å²) in [6.45, 7) is 7.83. The number of piperidine rings is 1. The van der Waals surface area contributed by atoms with Crippen LogP contribution in [0.3, 0.4) is 0 Å². The minimum atomic E-state index is -0.0111. The molecule has 2 N–H and O–H groups in total. The molecule has 0 spiro atoms. The van der Waals surface area contributed by atoms with Crippen molar-refractivity contribution in [3.63, 3.8) is 0 Å². The number of aromatic nitrogens is 4. The number of aryl methyl sites for hydroxylation is 1. The summed E-state index contributed by atoms with van der Waals surface area (Å²) >= 11 is 0. The quantitative estimate of drug-likeness (QED) is 0.549. The number of hydrogen-bond acceptors (Lipinski definition) is 5. The molecule has 3 aromatic rings. The Balaban J connectivity index is 1.24. The summed E-state index contributed by atoms with van der Waals surface area (Å²) in [7, 11) is 0. The van der Waals surface area contributed by atoms with Crippen LogP contribution in [-0.4, -0.2) is 74.4 Å². The molecule has 178 valence electrons. The van der Waals surface area contributed by atoms with E-state index in [2.05, 4.69) is 37.2 Å². The number of amides is 1. The average Bonchev–Trinajstić information content (AvgIpc) is 3.42. The molecule has 2 aliphatic rings. The Morgan fingerprint density at radius 2 is 1.91 bits per heavy atom. The van der Waals surface area contributed by atoms with Gasteiger partial charge in [0.2, 0.25) is 5.91 Å². The molecule has 0 unspecified atom stereocenters. The van der Waals surface area contributed by atoms with E-state index in [9.17, 15) is 9.59 Å². The van der Waals surface area contributed by atoms with Gasteiger partial charge in [0.25, 0.3) is 0 Å². The van der Waals surface area contributed by atoms with Crippen molar-refractivity contribution in [3.05, 3.63) is 52.6 Å². The number of fused-ring (bicyclic) bond motifs is 1. The molecule has 0 aliphatic carbocycles. The van der Waals surface area contributed by atoms with Gasteiger partial charge < -0.3 is 9.88 Å². The number of pyridine rings is 1. The van der Waals surface area contributed by atoms with E-state index in [1.807, 2.05) is 24.8 Å². The summed E-state index contributed by atoms with van der Waals surface area (Å²) in [5, 5.41) is 8.02. The van der Waals surface area contributed by atoms with Gasteiger partial charge in [-0.05, 0) is 69.5 Å². The molecule has 1 amide bonds. The highest BCUT2D eigenvalue weighted by Gasteiger charge is 2.22. The highest BCUT2D eigenvalue weighted by atomic mass is 16.2. The number of nitrogens with one attached hydrogen (secondary N) is 2. The van der Waals surface area contributed by atoms with Gasteiger partial charge in [0, 0.05) is 48.0 Å². The number of rotatable bonds is 6. The van der Waals surface area contributed by atoms with Gasteiger partial charge in [-0.15, -0.1) is 0 Å². The molecule has 5 rings (SSSR count). The summed E-state index contributed by atoms with van der Waals surface area (Å²) < 4.78 is 0.